The number of amides is 1. The summed E-state index contributed by atoms with van der Waals surface area (Å²) in [5.74, 6) is 1.20. The molecule has 0 aliphatic rings. The average molecular weight is 439 g/mol. The Morgan fingerprint density at radius 2 is 1.93 bits per heavy atom. The number of halogens is 1. The summed E-state index contributed by atoms with van der Waals surface area (Å²) in [5, 5.41) is 5.65. The number of benzene rings is 2. The van der Waals surface area contributed by atoms with E-state index in [4.69, 9.17) is 16.3 Å². The van der Waals surface area contributed by atoms with Gasteiger partial charge in [0.05, 0.1) is 11.2 Å². The van der Waals surface area contributed by atoms with Crippen molar-refractivity contribution in [2.45, 2.75) is 12.6 Å². The monoisotopic (exact) mass is 438 g/mol. The van der Waals surface area contributed by atoms with Crippen LogP contribution in [0.15, 0.2) is 71.8 Å². The van der Waals surface area contributed by atoms with Gasteiger partial charge in [-0.25, -0.2) is 9.97 Å². The van der Waals surface area contributed by atoms with E-state index in [2.05, 4.69) is 15.3 Å². The van der Waals surface area contributed by atoms with Crippen molar-refractivity contribution in [1.82, 2.24) is 19.9 Å². The Hall–Kier alpha value is -3.16. The van der Waals surface area contributed by atoms with Gasteiger partial charge in [-0.1, -0.05) is 23.7 Å². The SMILES string of the molecule is Cn1ccnc1C(NC(=O)c1ccc(OCc2cscn2)cc1)c1ccc(Cl)cc1. The van der Waals surface area contributed by atoms with Crippen LogP contribution in [0.25, 0.3) is 0 Å². The number of ether oxygens (including phenoxy) is 1. The molecule has 2 heterocycles. The Morgan fingerprint density at radius 1 is 1.17 bits per heavy atom. The molecule has 2 aromatic carbocycles. The molecule has 4 rings (SSSR count). The number of imidazole rings is 1. The number of carbonyl (C=O) groups excluding carboxylic acids is 1. The molecule has 1 atom stereocenters. The normalized spacial score (nSPS) is 11.8. The number of hydrogen-bond donors (Lipinski definition) is 1. The van der Waals surface area contributed by atoms with Crippen LogP contribution < -0.4 is 10.1 Å². The van der Waals surface area contributed by atoms with Crippen LogP contribution >= 0.6 is 22.9 Å². The zero-order valence-electron chi connectivity index (χ0n) is 16.2. The molecule has 0 saturated carbocycles. The van der Waals surface area contributed by atoms with E-state index in [1.165, 1.54) is 11.3 Å². The summed E-state index contributed by atoms with van der Waals surface area (Å²) in [6.45, 7) is 0.396. The molecule has 1 unspecified atom stereocenters. The minimum atomic E-state index is -0.407. The Balaban J connectivity index is 1.49. The van der Waals surface area contributed by atoms with Gasteiger partial charge in [0.25, 0.3) is 5.91 Å². The second-order valence-electron chi connectivity index (χ2n) is 6.65. The fraction of sp³-hybridized carbons (Fsp3) is 0.136. The van der Waals surface area contributed by atoms with Crippen molar-refractivity contribution < 1.29 is 9.53 Å². The van der Waals surface area contributed by atoms with Crippen LogP contribution in [0.5, 0.6) is 5.75 Å². The summed E-state index contributed by atoms with van der Waals surface area (Å²) in [5.41, 5.74) is 4.07. The van der Waals surface area contributed by atoms with Gasteiger partial charge in [0.2, 0.25) is 0 Å². The fourth-order valence-corrected chi connectivity index (χ4v) is 3.66. The average Bonchev–Trinajstić information content (AvgIpc) is 3.43. The molecule has 1 amide bonds. The number of carbonyl (C=O) groups is 1. The number of aromatic nitrogens is 3. The maximum Gasteiger partial charge on any atom is 0.252 e. The summed E-state index contributed by atoms with van der Waals surface area (Å²) < 4.78 is 7.59. The van der Waals surface area contributed by atoms with Gasteiger partial charge in [0.1, 0.15) is 24.2 Å². The molecule has 0 spiro atoms. The van der Waals surface area contributed by atoms with E-state index in [-0.39, 0.29) is 5.91 Å². The van der Waals surface area contributed by atoms with Crippen LogP contribution in [-0.4, -0.2) is 20.4 Å². The largest absolute Gasteiger partial charge is 0.487 e. The summed E-state index contributed by atoms with van der Waals surface area (Å²) >= 11 is 7.55. The standard InChI is InChI=1S/C22H19ClN4O2S/c1-27-11-10-24-21(27)20(15-2-6-17(23)7-3-15)26-22(28)16-4-8-19(9-5-16)29-12-18-13-30-14-25-18/h2-11,13-14,20H,12H2,1H3,(H,26,28). The Labute approximate surface area is 183 Å². The predicted molar refractivity (Wildman–Crippen MR) is 117 cm³/mol. The second kappa shape index (κ2) is 9.11. The highest BCUT2D eigenvalue weighted by Crippen LogP contribution is 2.23. The van der Waals surface area contributed by atoms with Gasteiger partial charge in [-0.3, -0.25) is 4.79 Å². The van der Waals surface area contributed by atoms with Crippen LogP contribution in [0.3, 0.4) is 0 Å². The van der Waals surface area contributed by atoms with E-state index in [1.54, 1.807) is 48.1 Å². The zero-order chi connectivity index (χ0) is 20.9. The van der Waals surface area contributed by atoms with Crippen molar-refractivity contribution in [2.24, 2.45) is 7.05 Å². The van der Waals surface area contributed by atoms with Gasteiger partial charge in [0, 0.05) is 35.4 Å². The van der Waals surface area contributed by atoms with Crippen molar-refractivity contribution >= 4 is 28.8 Å². The molecular formula is C22H19ClN4O2S. The lowest BCUT2D eigenvalue weighted by Crippen LogP contribution is -2.31. The molecule has 0 aliphatic heterocycles. The molecule has 4 aromatic rings. The molecule has 0 bridgehead atoms. The first-order valence-electron chi connectivity index (χ1n) is 9.23. The van der Waals surface area contributed by atoms with Gasteiger partial charge in [-0.2, -0.15) is 0 Å². The van der Waals surface area contributed by atoms with Gasteiger partial charge in [-0.15, -0.1) is 11.3 Å². The molecule has 6 nitrogen and oxygen atoms in total. The summed E-state index contributed by atoms with van der Waals surface area (Å²) in [4.78, 5) is 21.5. The third kappa shape index (κ3) is 4.69. The molecule has 8 heteroatoms. The van der Waals surface area contributed by atoms with Crippen LogP contribution in [0.4, 0.5) is 0 Å². The van der Waals surface area contributed by atoms with Gasteiger partial charge in [0.15, 0.2) is 0 Å². The number of aryl methyl sites for hydroxylation is 1. The predicted octanol–water partition coefficient (Wildman–Crippen LogP) is 4.63. The molecular weight excluding hydrogens is 420 g/mol. The number of hydrogen-bond acceptors (Lipinski definition) is 5. The number of nitrogens with one attached hydrogen (secondary N) is 1. The Morgan fingerprint density at radius 3 is 2.57 bits per heavy atom. The van der Waals surface area contributed by atoms with E-state index >= 15 is 0 Å². The number of thiazole rings is 1. The van der Waals surface area contributed by atoms with Crippen LogP contribution in [-0.2, 0) is 13.7 Å². The topological polar surface area (TPSA) is 69.0 Å². The highest BCUT2D eigenvalue weighted by molar-refractivity contribution is 7.07. The van der Waals surface area contributed by atoms with Crippen molar-refractivity contribution in [3.8, 4) is 5.75 Å². The molecule has 1 N–H and O–H groups in total. The van der Waals surface area contributed by atoms with E-state index < -0.39 is 6.04 Å². The summed E-state index contributed by atoms with van der Waals surface area (Å²) in [6, 6.07) is 14.0. The van der Waals surface area contributed by atoms with E-state index in [1.807, 2.05) is 35.3 Å². The smallest absolute Gasteiger partial charge is 0.252 e. The maximum absolute atomic E-state index is 12.9. The minimum absolute atomic E-state index is 0.205. The Kier molecular flexibility index (Phi) is 6.11. The highest BCUT2D eigenvalue weighted by Gasteiger charge is 2.21. The molecule has 152 valence electrons. The third-order valence-electron chi connectivity index (χ3n) is 4.58. The lowest BCUT2D eigenvalue weighted by Gasteiger charge is -2.19. The maximum atomic E-state index is 12.9. The summed E-state index contributed by atoms with van der Waals surface area (Å²) in [7, 11) is 1.89. The van der Waals surface area contributed by atoms with Gasteiger partial charge < -0.3 is 14.6 Å². The van der Waals surface area contributed by atoms with Crippen LogP contribution in [0.2, 0.25) is 5.02 Å². The molecule has 0 fully saturated rings. The van der Waals surface area contributed by atoms with Crippen molar-refractivity contribution in [1.29, 1.82) is 0 Å². The number of rotatable bonds is 7. The molecule has 0 saturated heterocycles. The van der Waals surface area contributed by atoms with Crippen molar-refractivity contribution in [2.75, 3.05) is 0 Å². The first-order chi connectivity index (χ1) is 14.6. The van der Waals surface area contributed by atoms with Crippen LogP contribution in [0.1, 0.15) is 33.5 Å². The Bertz CT molecular complexity index is 1110. The van der Waals surface area contributed by atoms with Gasteiger partial charge in [-0.05, 0) is 42.0 Å². The fourth-order valence-electron chi connectivity index (χ4n) is 2.99. The van der Waals surface area contributed by atoms with E-state index in [0.29, 0.717) is 22.9 Å². The molecule has 2 aromatic heterocycles. The van der Waals surface area contributed by atoms with Crippen molar-refractivity contribution in [3.05, 3.63) is 99.5 Å². The third-order valence-corrected chi connectivity index (χ3v) is 5.47. The first kappa shape index (κ1) is 20.1. The minimum Gasteiger partial charge on any atom is -0.487 e. The lowest BCUT2D eigenvalue weighted by atomic mass is 10.1. The van der Waals surface area contributed by atoms with Crippen molar-refractivity contribution in [3.63, 3.8) is 0 Å². The van der Waals surface area contributed by atoms with E-state index in [0.717, 1.165) is 17.1 Å². The molecule has 0 radical (unpaired) electrons. The van der Waals surface area contributed by atoms with Gasteiger partial charge >= 0.3 is 0 Å². The zero-order valence-corrected chi connectivity index (χ0v) is 17.7. The first-order valence-corrected chi connectivity index (χ1v) is 10.6. The second-order valence-corrected chi connectivity index (χ2v) is 7.80. The quantitative estimate of drug-likeness (QED) is 0.456. The molecule has 0 aliphatic carbocycles. The number of nitrogens with zero attached hydrogens (tertiary/aromatic N) is 3. The highest BCUT2D eigenvalue weighted by atomic mass is 35.5. The van der Waals surface area contributed by atoms with E-state index in [9.17, 15) is 4.79 Å². The molecule has 30 heavy (non-hydrogen) atoms. The lowest BCUT2D eigenvalue weighted by molar-refractivity contribution is 0.0941. The summed E-state index contributed by atoms with van der Waals surface area (Å²) in [6.07, 6.45) is 3.55. The van der Waals surface area contributed by atoms with Crippen LogP contribution in [0, 0.1) is 0 Å².